The molecule has 1 aromatic heterocycles. The van der Waals surface area contributed by atoms with E-state index in [0.29, 0.717) is 6.61 Å². The van der Waals surface area contributed by atoms with Gasteiger partial charge in [-0.3, -0.25) is 0 Å². The van der Waals surface area contributed by atoms with Crippen LogP contribution in [0.4, 0.5) is 5.69 Å². The van der Waals surface area contributed by atoms with Crippen LogP contribution in [-0.2, 0) is 39.8 Å². The number of nitrogens with one attached hydrogen (secondary N) is 1. The summed E-state index contributed by atoms with van der Waals surface area (Å²) in [5.74, 6) is 0.837. The average molecular weight is 257 g/mol. The fourth-order valence-corrected chi connectivity index (χ4v) is 0.929. The van der Waals surface area contributed by atoms with Crippen molar-refractivity contribution in [1.82, 2.24) is 4.57 Å². The number of aromatic nitrogens is 1. The Balaban J connectivity index is 0. The minimum atomic E-state index is 0. The molecular formula is C9H16N2OY-2. The van der Waals surface area contributed by atoms with Crippen molar-refractivity contribution in [3.05, 3.63) is 26.6 Å². The van der Waals surface area contributed by atoms with Crippen LogP contribution in [0.25, 0.3) is 0 Å². The minimum absolute atomic E-state index is 0. The van der Waals surface area contributed by atoms with Crippen molar-refractivity contribution in [1.29, 1.82) is 0 Å². The number of aryl methyl sites for hydroxylation is 1. The van der Waals surface area contributed by atoms with Crippen molar-refractivity contribution in [3.8, 4) is 5.88 Å². The van der Waals surface area contributed by atoms with Crippen LogP contribution >= 0.6 is 0 Å². The van der Waals surface area contributed by atoms with Gasteiger partial charge in [-0.15, -0.1) is 0 Å². The molecular weight excluding hydrogens is 241 g/mol. The maximum atomic E-state index is 5.23. The SMILES string of the molecule is [CH2-]COc1cc(NC)cn1C.[CH3-].[Y]. The molecule has 1 rings (SSSR count). The molecule has 3 nitrogen and oxygen atoms in total. The Morgan fingerprint density at radius 2 is 2.23 bits per heavy atom. The molecule has 0 amide bonds. The Morgan fingerprint density at radius 3 is 2.62 bits per heavy atom. The van der Waals surface area contributed by atoms with E-state index >= 15 is 0 Å². The summed E-state index contributed by atoms with van der Waals surface area (Å²) in [6, 6.07) is 1.94. The van der Waals surface area contributed by atoms with Crippen molar-refractivity contribution in [3.63, 3.8) is 0 Å². The summed E-state index contributed by atoms with van der Waals surface area (Å²) in [5, 5.41) is 3.03. The zero-order chi connectivity index (χ0) is 8.27. The largest absolute Gasteiger partial charge is 0.512 e. The predicted molar refractivity (Wildman–Crippen MR) is 52.2 cm³/mol. The molecule has 1 aromatic rings. The second-order valence-corrected chi connectivity index (χ2v) is 2.28. The Bertz CT molecular complexity index is 236. The van der Waals surface area contributed by atoms with Gasteiger partial charge in [0.1, 0.15) is 0 Å². The maximum absolute atomic E-state index is 5.23. The van der Waals surface area contributed by atoms with Crippen molar-refractivity contribution in [2.45, 2.75) is 0 Å². The van der Waals surface area contributed by atoms with Gasteiger partial charge in [-0.2, -0.15) is 0 Å². The van der Waals surface area contributed by atoms with Crippen LogP contribution < -0.4 is 10.1 Å². The summed E-state index contributed by atoms with van der Waals surface area (Å²) in [6.45, 7) is 4.06. The molecule has 1 heterocycles. The van der Waals surface area contributed by atoms with Crippen molar-refractivity contribution < 1.29 is 37.4 Å². The molecule has 13 heavy (non-hydrogen) atoms. The normalized spacial score (nSPS) is 8.23. The molecule has 4 heteroatoms. The van der Waals surface area contributed by atoms with Gasteiger partial charge in [-0.05, 0) is 6.61 Å². The van der Waals surface area contributed by atoms with Crippen molar-refractivity contribution in [2.75, 3.05) is 19.0 Å². The number of ether oxygens (including phenoxy) is 1. The van der Waals surface area contributed by atoms with Gasteiger partial charge in [0.15, 0.2) is 5.88 Å². The van der Waals surface area contributed by atoms with Crippen LogP contribution in [0.2, 0.25) is 0 Å². The number of hydrogen-bond acceptors (Lipinski definition) is 2. The Labute approximate surface area is 106 Å². The van der Waals surface area contributed by atoms with E-state index in [1.54, 1.807) is 0 Å². The molecule has 0 aromatic carbocycles. The fraction of sp³-hybridized carbons (Fsp3) is 0.333. The van der Waals surface area contributed by atoms with E-state index in [1.807, 2.05) is 30.9 Å². The van der Waals surface area contributed by atoms with Gasteiger partial charge >= 0.3 is 0 Å². The van der Waals surface area contributed by atoms with E-state index in [0.717, 1.165) is 11.6 Å². The molecule has 0 bridgehead atoms. The number of anilines is 1. The summed E-state index contributed by atoms with van der Waals surface area (Å²) in [6.07, 6.45) is 1.96. The van der Waals surface area contributed by atoms with Crippen LogP contribution in [0.15, 0.2) is 12.3 Å². The smallest absolute Gasteiger partial charge is 0.192 e. The minimum Gasteiger partial charge on any atom is -0.512 e. The van der Waals surface area contributed by atoms with Gasteiger partial charge in [0.25, 0.3) is 0 Å². The van der Waals surface area contributed by atoms with Crippen molar-refractivity contribution in [2.24, 2.45) is 7.05 Å². The van der Waals surface area contributed by atoms with Crippen LogP contribution in [0, 0.1) is 14.4 Å². The van der Waals surface area contributed by atoms with Gasteiger partial charge < -0.3 is 29.0 Å². The first-order valence-corrected chi connectivity index (χ1v) is 3.54. The molecule has 0 saturated heterocycles. The second-order valence-electron chi connectivity index (χ2n) is 2.28. The van der Waals surface area contributed by atoms with E-state index in [2.05, 4.69) is 12.2 Å². The fourth-order valence-electron chi connectivity index (χ4n) is 0.929. The molecule has 0 aliphatic rings. The van der Waals surface area contributed by atoms with E-state index in [4.69, 9.17) is 4.74 Å². The van der Waals surface area contributed by atoms with E-state index < -0.39 is 0 Å². The molecule has 1 radical (unpaired) electrons. The van der Waals surface area contributed by atoms with Crippen LogP contribution in [0.3, 0.4) is 0 Å². The van der Waals surface area contributed by atoms with Crippen LogP contribution in [0.1, 0.15) is 0 Å². The molecule has 0 aliphatic heterocycles. The van der Waals surface area contributed by atoms with E-state index in [9.17, 15) is 0 Å². The first-order chi connectivity index (χ1) is 5.27. The van der Waals surface area contributed by atoms with Crippen LogP contribution in [-0.4, -0.2) is 18.2 Å². The first-order valence-electron chi connectivity index (χ1n) is 3.54. The molecule has 0 saturated carbocycles. The Hall–Kier alpha value is -0.0161. The van der Waals surface area contributed by atoms with Gasteiger partial charge in [-0.25, -0.2) is 0 Å². The first kappa shape index (κ1) is 15.5. The second kappa shape index (κ2) is 7.39. The number of hydrogen-bond donors (Lipinski definition) is 1. The zero-order valence-corrected chi connectivity index (χ0v) is 11.3. The third kappa shape index (κ3) is 4.14. The summed E-state index contributed by atoms with van der Waals surface area (Å²) in [5.41, 5.74) is 1.05. The summed E-state index contributed by atoms with van der Waals surface area (Å²) in [4.78, 5) is 0. The Morgan fingerprint density at radius 1 is 1.62 bits per heavy atom. The summed E-state index contributed by atoms with van der Waals surface area (Å²) in [7, 11) is 3.81. The third-order valence-electron chi connectivity index (χ3n) is 1.50. The van der Waals surface area contributed by atoms with E-state index in [1.165, 1.54) is 0 Å². The summed E-state index contributed by atoms with van der Waals surface area (Å²) >= 11 is 0. The van der Waals surface area contributed by atoms with E-state index in [-0.39, 0.29) is 40.1 Å². The monoisotopic (exact) mass is 257 g/mol. The van der Waals surface area contributed by atoms with Gasteiger partial charge in [0.05, 0.1) is 5.69 Å². The predicted octanol–water partition coefficient (Wildman–Crippen LogP) is 1.73. The standard InChI is InChI=1S/C8H13N2O.CH3.Y/c1-4-11-8-5-7(9-2)6-10(8)3;;/h5-6,9H,1,4H2,2-3H3;1H3;/q2*-1;. The molecule has 1 N–H and O–H groups in total. The number of rotatable bonds is 3. The quantitative estimate of drug-likeness (QED) is 0.834. The molecule has 0 fully saturated rings. The maximum Gasteiger partial charge on any atom is 0.192 e. The summed E-state index contributed by atoms with van der Waals surface area (Å²) < 4.78 is 7.14. The van der Waals surface area contributed by atoms with Gasteiger partial charge in [-0.1, -0.05) is 0 Å². The third-order valence-corrected chi connectivity index (χ3v) is 1.50. The van der Waals surface area contributed by atoms with Gasteiger partial charge in [0, 0.05) is 59.1 Å². The van der Waals surface area contributed by atoms with Gasteiger partial charge in [0.2, 0.25) is 0 Å². The molecule has 0 spiro atoms. The average Bonchev–Trinajstić information content (AvgIpc) is 2.33. The number of nitrogens with zero attached hydrogens (tertiary/aromatic N) is 1. The molecule has 73 valence electrons. The molecule has 0 unspecified atom stereocenters. The molecule has 0 aliphatic carbocycles. The Kier molecular flexibility index (Phi) is 8.79. The van der Waals surface area contributed by atoms with Crippen molar-refractivity contribution >= 4 is 5.69 Å². The zero-order valence-electron chi connectivity index (χ0n) is 8.50. The topological polar surface area (TPSA) is 26.2 Å². The van der Waals surface area contributed by atoms with Crippen LogP contribution in [0.5, 0.6) is 5.88 Å². The molecule has 0 atom stereocenters.